The molecule has 5 heteroatoms. The first-order valence-electron chi connectivity index (χ1n) is 8.82. The van der Waals surface area contributed by atoms with E-state index in [2.05, 4.69) is 35.5 Å². The summed E-state index contributed by atoms with van der Waals surface area (Å²) in [5, 5.41) is 11.1. The highest BCUT2D eigenvalue weighted by Crippen LogP contribution is 2.36. The molecule has 1 saturated heterocycles. The van der Waals surface area contributed by atoms with Crippen molar-refractivity contribution < 1.29 is 14.3 Å². The number of nitrogens with zero attached hydrogens (tertiary/aromatic N) is 2. The van der Waals surface area contributed by atoms with Crippen molar-refractivity contribution in [1.29, 1.82) is 0 Å². The third kappa shape index (κ3) is 2.87. The number of ether oxygens (including phenoxy) is 1. The third-order valence-corrected chi connectivity index (χ3v) is 5.40. The van der Waals surface area contributed by atoms with Gasteiger partial charge in [0.2, 0.25) is 0 Å². The fourth-order valence-electron chi connectivity index (χ4n) is 3.73. The van der Waals surface area contributed by atoms with Crippen molar-refractivity contribution in [3.05, 3.63) is 41.7 Å². The van der Waals surface area contributed by atoms with E-state index in [0.717, 1.165) is 47.5 Å². The molecule has 2 aromatic heterocycles. The number of aliphatic hydroxyl groups is 1. The lowest BCUT2D eigenvalue weighted by Gasteiger charge is -2.36. The Morgan fingerprint density at radius 3 is 2.80 bits per heavy atom. The van der Waals surface area contributed by atoms with Crippen LogP contribution in [0.3, 0.4) is 0 Å². The normalized spacial score (nSPS) is 17.2. The molecule has 0 spiro atoms. The molecule has 1 N–H and O–H groups in total. The second-order valence-corrected chi connectivity index (χ2v) is 7.21. The van der Waals surface area contributed by atoms with Gasteiger partial charge in [0, 0.05) is 48.5 Å². The molecule has 0 radical (unpaired) electrons. The number of rotatable bonds is 4. The molecule has 132 valence electrons. The van der Waals surface area contributed by atoms with Gasteiger partial charge in [-0.15, -0.1) is 0 Å². The second-order valence-electron chi connectivity index (χ2n) is 7.21. The topological polar surface area (TPSA) is 60.4 Å². The van der Waals surface area contributed by atoms with Crippen LogP contribution >= 0.6 is 0 Å². The molecule has 25 heavy (non-hydrogen) atoms. The van der Waals surface area contributed by atoms with Crippen molar-refractivity contribution in [2.75, 3.05) is 19.8 Å². The van der Waals surface area contributed by atoms with Gasteiger partial charge in [-0.3, -0.25) is 0 Å². The quantitative estimate of drug-likeness (QED) is 0.787. The van der Waals surface area contributed by atoms with E-state index in [1.165, 1.54) is 5.56 Å². The van der Waals surface area contributed by atoms with E-state index in [-0.39, 0.29) is 12.0 Å². The smallest absolute Gasteiger partial charge is 0.176 e. The first-order chi connectivity index (χ1) is 12.1. The van der Waals surface area contributed by atoms with Crippen LogP contribution in [-0.4, -0.2) is 34.5 Å². The zero-order chi connectivity index (χ0) is 17.4. The standard InChI is InChI=1S/C20H24N2O3/c1-14-3-4-17-16(11-14)15(2)18(25-17)19-21-7-8-22(19)12-20(13-23)5-9-24-10-6-20/h3-4,7-8,11,23H,5-6,9-10,12-13H2,1-2H3. The lowest BCUT2D eigenvalue weighted by molar-refractivity contribution is -0.0251. The molecule has 0 atom stereocenters. The maximum absolute atomic E-state index is 9.99. The predicted molar refractivity (Wildman–Crippen MR) is 96.5 cm³/mol. The molecular formula is C20H24N2O3. The first kappa shape index (κ1) is 16.4. The minimum Gasteiger partial charge on any atom is -0.453 e. The number of hydrogen-bond acceptors (Lipinski definition) is 4. The van der Waals surface area contributed by atoms with E-state index >= 15 is 0 Å². The van der Waals surface area contributed by atoms with Crippen LogP contribution in [0.4, 0.5) is 0 Å². The van der Waals surface area contributed by atoms with Crippen LogP contribution < -0.4 is 0 Å². The zero-order valence-corrected chi connectivity index (χ0v) is 14.8. The molecular weight excluding hydrogens is 316 g/mol. The van der Waals surface area contributed by atoms with Gasteiger partial charge in [0.15, 0.2) is 11.6 Å². The van der Waals surface area contributed by atoms with Gasteiger partial charge in [-0.05, 0) is 38.8 Å². The van der Waals surface area contributed by atoms with Gasteiger partial charge in [0.05, 0.1) is 6.61 Å². The van der Waals surface area contributed by atoms with E-state index in [9.17, 15) is 5.11 Å². The average Bonchev–Trinajstić information content (AvgIpc) is 3.20. The Hall–Kier alpha value is -2.11. The summed E-state index contributed by atoms with van der Waals surface area (Å²) in [4.78, 5) is 4.55. The minimum absolute atomic E-state index is 0.149. The first-order valence-corrected chi connectivity index (χ1v) is 8.82. The van der Waals surface area contributed by atoms with Gasteiger partial charge in [-0.25, -0.2) is 4.98 Å². The Morgan fingerprint density at radius 2 is 2.04 bits per heavy atom. The zero-order valence-electron chi connectivity index (χ0n) is 14.8. The third-order valence-electron chi connectivity index (χ3n) is 5.40. The number of aliphatic hydroxyl groups excluding tert-OH is 1. The van der Waals surface area contributed by atoms with Crippen LogP contribution in [0.25, 0.3) is 22.6 Å². The minimum atomic E-state index is -0.149. The van der Waals surface area contributed by atoms with Gasteiger partial charge < -0.3 is 18.8 Å². The Bertz CT molecular complexity index is 888. The molecule has 0 unspecified atom stereocenters. The maximum atomic E-state index is 9.99. The van der Waals surface area contributed by atoms with Crippen molar-refractivity contribution in [2.24, 2.45) is 5.41 Å². The van der Waals surface area contributed by atoms with Crippen molar-refractivity contribution in [2.45, 2.75) is 33.2 Å². The number of fused-ring (bicyclic) bond motifs is 1. The number of aryl methyl sites for hydroxylation is 2. The fraction of sp³-hybridized carbons (Fsp3) is 0.450. The molecule has 5 nitrogen and oxygen atoms in total. The van der Waals surface area contributed by atoms with Gasteiger partial charge in [0.1, 0.15) is 5.58 Å². The lowest BCUT2D eigenvalue weighted by atomic mass is 9.81. The van der Waals surface area contributed by atoms with E-state index in [0.29, 0.717) is 13.2 Å². The molecule has 0 aliphatic carbocycles. The van der Waals surface area contributed by atoms with Crippen LogP contribution in [0.2, 0.25) is 0 Å². The van der Waals surface area contributed by atoms with Gasteiger partial charge in [-0.1, -0.05) is 11.6 Å². The number of benzene rings is 1. The average molecular weight is 340 g/mol. The van der Waals surface area contributed by atoms with Gasteiger partial charge >= 0.3 is 0 Å². The Kier molecular flexibility index (Phi) is 4.13. The molecule has 1 fully saturated rings. The molecule has 4 rings (SSSR count). The van der Waals surface area contributed by atoms with E-state index in [4.69, 9.17) is 9.15 Å². The molecule has 3 aromatic rings. The lowest BCUT2D eigenvalue weighted by Crippen LogP contribution is -2.37. The van der Waals surface area contributed by atoms with E-state index in [1.54, 1.807) is 6.20 Å². The number of imidazole rings is 1. The van der Waals surface area contributed by atoms with Crippen LogP contribution in [0.1, 0.15) is 24.0 Å². The van der Waals surface area contributed by atoms with Crippen LogP contribution in [0.15, 0.2) is 35.0 Å². The Balaban J connectivity index is 1.73. The number of aromatic nitrogens is 2. The SMILES string of the molecule is Cc1ccc2oc(-c3nccn3CC3(CO)CCOCC3)c(C)c2c1. The number of hydrogen-bond donors (Lipinski definition) is 1. The monoisotopic (exact) mass is 340 g/mol. The summed E-state index contributed by atoms with van der Waals surface area (Å²) < 4.78 is 13.7. The highest BCUT2D eigenvalue weighted by Gasteiger charge is 2.33. The van der Waals surface area contributed by atoms with E-state index in [1.807, 2.05) is 12.3 Å². The fourth-order valence-corrected chi connectivity index (χ4v) is 3.73. The maximum Gasteiger partial charge on any atom is 0.176 e. The largest absolute Gasteiger partial charge is 0.453 e. The van der Waals surface area contributed by atoms with Crippen molar-refractivity contribution >= 4 is 11.0 Å². The van der Waals surface area contributed by atoms with Crippen molar-refractivity contribution in [3.63, 3.8) is 0 Å². The Labute approximate surface area is 147 Å². The molecule has 1 aliphatic rings. The van der Waals surface area contributed by atoms with Crippen molar-refractivity contribution in [1.82, 2.24) is 9.55 Å². The van der Waals surface area contributed by atoms with Crippen LogP contribution in [0, 0.1) is 19.3 Å². The summed E-state index contributed by atoms with van der Waals surface area (Å²) >= 11 is 0. The molecule has 1 aliphatic heterocycles. The second kappa shape index (κ2) is 6.32. The van der Waals surface area contributed by atoms with Gasteiger partial charge in [0.25, 0.3) is 0 Å². The highest BCUT2D eigenvalue weighted by molar-refractivity contribution is 5.87. The summed E-state index contributed by atoms with van der Waals surface area (Å²) in [6.07, 6.45) is 5.50. The summed E-state index contributed by atoms with van der Waals surface area (Å²) in [5.74, 6) is 1.64. The molecule has 0 amide bonds. The van der Waals surface area contributed by atoms with Gasteiger partial charge in [-0.2, -0.15) is 0 Å². The van der Waals surface area contributed by atoms with E-state index < -0.39 is 0 Å². The summed E-state index contributed by atoms with van der Waals surface area (Å²) in [5.41, 5.74) is 3.06. The molecule has 0 saturated carbocycles. The molecule has 1 aromatic carbocycles. The summed E-state index contributed by atoms with van der Waals surface area (Å²) in [7, 11) is 0. The molecule has 0 bridgehead atoms. The summed E-state index contributed by atoms with van der Waals surface area (Å²) in [6.45, 7) is 6.45. The summed E-state index contributed by atoms with van der Waals surface area (Å²) in [6, 6.07) is 6.23. The van der Waals surface area contributed by atoms with Crippen LogP contribution in [0.5, 0.6) is 0 Å². The predicted octanol–water partition coefficient (Wildman–Crippen LogP) is 3.70. The van der Waals surface area contributed by atoms with Crippen molar-refractivity contribution in [3.8, 4) is 11.6 Å². The van der Waals surface area contributed by atoms with Crippen LogP contribution in [-0.2, 0) is 11.3 Å². The molecule has 3 heterocycles. The highest BCUT2D eigenvalue weighted by atomic mass is 16.5. The number of furan rings is 1. The Morgan fingerprint density at radius 1 is 1.24 bits per heavy atom.